The summed E-state index contributed by atoms with van der Waals surface area (Å²) in [6, 6.07) is 0.851. The van der Waals surface area contributed by atoms with Gasteiger partial charge in [0.2, 0.25) is 0 Å². The van der Waals surface area contributed by atoms with Crippen molar-refractivity contribution in [3.8, 4) is 0 Å². The van der Waals surface area contributed by atoms with Gasteiger partial charge in [0.05, 0.1) is 16.3 Å². The minimum Gasteiger partial charge on any atom is -0.325 e. The van der Waals surface area contributed by atoms with E-state index in [2.05, 4.69) is 4.98 Å². The average Bonchev–Trinajstić information content (AvgIpc) is 2.59. The molecule has 0 unspecified atom stereocenters. The molecule has 0 saturated carbocycles. The Kier molecular flexibility index (Phi) is 2.55. The first-order valence-electron chi connectivity index (χ1n) is 4.36. The van der Waals surface area contributed by atoms with E-state index < -0.39 is 11.7 Å². The van der Waals surface area contributed by atoms with E-state index in [9.17, 15) is 13.2 Å². The van der Waals surface area contributed by atoms with Gasteiger partial charge in [-0.1, -0.05) is 11.6 Å². The minimum atomic E-state index is -4.43. The van der Waals surface area contributed by atoms with E-state index in [4.69, 9.17) is 17.3 Å². The lowest BCUT2D eigenvalue weighted by atomic mass is 10.3. The van der Waals surface area contributed by atoms with E-state index in [1.807, 2.05) is 0 Å². The first-order valence-corrected chi connectivity index (χ1v) is 4.74. The number of halogens is 4. The van der Waals surface area contributed by atoms with Crippen LogP contribution in [-0.2, 0) is 12.7 Å². The molecule has 0 saturated heterocycles. The highest BCUT2D eigenvalue weighted by atomic mass is 35.5. The first kappa shape index (κ1) is 11.2. The maximum atomic E-state index is 12.5. The fourth-order valence-corrected chi connectivity index (χ4v) is 1.62. The standard InChI is InChI=1S/C9H7ClF3N3/c10-7-1-5(9(11,12)13)3-16-4-6(2-14)15-8(7)16/h1,3-4H,2,14H2. The van der Waals surface area contributed by atoms with Crippen LogP contribution < -0.4 is 5.73 Å². The Hall–Kier alpha value is -1.27. The molecule has 0 bridgehead atoms. The lowest BCUT2D eigenvalue weighted by molar-refractivity contribution is -0.137. The van der Waals surface area contributed by atoms with E-state index in [0.717, 1.165) is 12.3 Å². The molecule has 86 valence electrons. The number of aromatic nitrogens is 2. The predicted molar refractivity (Wildman–Crippen MR) is 53.1 cm³/mol. The van der Waals surface area contributed by atoms with E-state index in [1.165, 1.54) is 10.6 Å². The zero-order valence-electron chi connectivity index (χ0n) is 7.92. The molecule has 3 nitrogen and oxygen atoms in total. The predicted octanol–water partition coefficient (Wildman–Crippen LogP) is 2.47. The van der Waals surface area contributed by atoms with Gasteiger partial charge in [-0.25, -0.2) is 4.98 Å². The maximum Gasteiger partial charge on any atom is 0.417 e. The molecule has 2 heterocycles. The van der Waals surface area contributed by atoms with E-state index in [0.29, 0.717) is 5.69 Å². The van der Waals surface area contributed by atoms with Crippen LogP contribution in [0.15, 0.2) is 18.5 Å². The maximum absolute atomic E-state index is 12.5. The topological polar surface area (TPSA) is 43.3 Å². The Morgan fingerprint density at radius 2 is 2.06 bits per heavy atom. The van der Waals surface area contributed by atoms with Gasteiger partial charge in [0, 0.05) is 18.9 Å². The van der Waals surface area contributed by atoms with Crippen LogP contribution in [0.25, 0.3) is 5.65 Å². The molecule has 16 heavy (non-hydrogen) atoms. The summed E-state index contributed by atoms with van der Waals surface area (Å²) in [7, 11) is 0. The Labute approximate surface area is 93.6 Å². The summed E-state index contributed by atoms with van der Waals surface area (Å²) in [4.78, 5) is 3.99. The third-order valence-corrected chi connectivity index (χ3v) is 2.37. The van der Waals surface area contributed by atoms with Gasteiger partial charge < -0.3 is 10.1 Å². The molecule has 7 heteroatoms. The summed E-state index contributed by atoms with van der Waals surface area (Å²) in [5.74, 6) is 0. The SMILES string of the molecule is NCc1cn2cc(C(F)(F)F)cc(Cl)c2n1. The number of pyridine rings is 1. The highest BCUT2D eigenvalue weighted by Gasteiger charge is 2.31. The molecule has 2 aromatic heterocycles. The summed E-state index contributed by atoms with van der Waals surface area (Å²) in [5.41, 5.74) is 5.29. The molecule has 2 rings (SSSR count). The highest BCUT2D eigenvalue weighted by Crippen LogP contribution is 2.32. The molecule has 0 aliphatic carbocycles. The van der Waals surface area contributed by atoms with Crippen LogP contribution in [0, 0.1) is 0 Å². The number of imidazole rings is 1. The fraction of sp³-hybridized carbons (Fsp3) is 0.222. The Morgan fingerprint density at radius 3 is 2.62 bits per heavy atom. The van der Waals surface area contributed by atoms with Crippen LogP contribution >= 0.6 is 11.6 Å². The zero-order chi connectivity index (χ0) is 11.9. The van der Waals surface area contributed by atoms with Crippen molar-refractivity contribution in [1.82, 2.24) is 9.38 Å². The van der Waals surface area contributed by atoms with Crippen LogP contribution in [0.2, 0.25) is 5.02 Å². The number of rotatable bonds is 1. The van der Waals surface area contributed by atoms with Gasteiger partial charge in [0.15, 0.2) is 5.65 Å². The van der Waals surface area contributed by atoms with Crippen molar-refractivity contribution in [3.63, 3.8) is 0 Å². The van der Waals surface area contributed by atoms with Crippen molar-refractivity contribution in [2.75, 3.05) is 0 Å². The molecule has 0 aliphatic rings. The van der Waals surface area contributed by atoms with Gasteiger partial charge in [-0.15, -0.1) is 0 Å². The number of nitrogens with two attached hydrogens (primary N) is 1. The van der Waals surface area contributed by atoms with Crippen molar-refractivity contribution < 1.29 is 13.2 Å². The normalized spacial score (nSPS) is 12.3. The molecule has 0 fully saturated rings. The number of hydrogen-bond acceptors (Lipinski definition) is 2. The molecule has 0 atom stereocenters. The van der Waals surface area contributed by atoms with Gasteiger partial charge in [-0.3, -0.25) is 0 Å². The molecular formula is C9H7ClF3N3. The Balaban J connectivity index is 2.67. The summed E-state index contributed by atoms with van der Waals surface area (Å²) < 4.78 is 38.6. The molecule has 2 N–H and O–H groups in total. The number of nitrogens with zero attached hydrogens (tertiary/aromatic N) is 2. The van der Waals surface area contributed by atoms with Gasteiger partial charge >= 0.3 is 6.18 Å². The molecule has 0 spiro atoms. The number of alkyl halides is 3. The van der Waals surface area contributed by atoms with Crippen molar-refractivity contribution in [1.29, 1.82) is 0 Å². The van der Waals surface area contributed by atoms with Gasteiger partial charge in [-0.2, -0.15) is 13.2 Å². The van der Waals surface area contributed by atoms with Gasteiger partial charge in [-0.05, 0) is 6.07 Å². The number of fused-ring (bicyclic) bond motifs is 1. The molecule has 0 aliphatic heterocycles. The van der Waals surface area contributed by atoms with Crippen LogP contribution in [-0.4, -0.2) is 9.38 Å². The van der Waals surface area contributed by atoms with Crippen LogP contribution in [0.5, 0.6) is 0 Å². The third-order valence-electron chi connectivity index (χ3n) is 2.09. The average molecular weight is 250 g/mol. The second kappa shape index (κ2) is 3.64. The highest BCUT2D eigenvalue weighted by molar-refractivity contribution is 6.33. The monoisotopic (exact) mass is 249 g/mol. The van der Waals surface area contributed by atoms with Crippen molar-refractivity contribution in [2.24, 2.45) is 5.73 Å². The Bertz CT molecular complexity index is 533. The minimum absolute atomic E-state index is 0.0467. The van der Waals surface area contributed by atoms with Gasteiger partial charge in [0.25, 0.3) is 0 Å². The van der Waals surface area contributed by atoms with E-state index in [1.54, 1.807) is 0 Å². The van der Waals surface area contributed by atoms with Crippen LogP contribution in [0.3, 0.4) is 0 Å². The van der Waals surface area contributed by atoms with Crippen molar-refractivity contribution >= 4 is 17.2 Å². The zero-order valence-corrected chi connectivity index (χ0v) is 8.68. The van der Waals surface area contributed by atoms with Gasteiger partial charge in [0.1, 0.15) is 0 Å². The lowest BCUT2D eigenvalue weighted by Gasteiger charge is -2.07. The largest absolute Gasteiger partial charge is 0.417 e. The summed E-state index contributed by atoms with van der Waals surface area (Å²) in [6.45, 7) is 0.152. The summed E-state index contributed by atoms with van der Waals surface area (Å²) in [6.07, 6.45) is -2.06. The first-order chi connectivity index (χ1) is 7.41. The van der Waals surface area contributed by atoms with E-state index in [-0.39, 0.29) is 17.2 Å². The third kappa shape index (κ3) is 1.85. The molecule has 2 aromatic rings. The fourth-order valence-electron chi connectivity index (χ4n) is 1.36. The smallest absolute Gasteiger partial charge is 0.325 e. The van der Waals surface area contributed by atoms with Crippen molar-refractivity contribution in [2.45, 2.75) is 12.7 Å². The molecular weight excluding hydrogens is 243 g/mol. The quantitative estimate of drug-likeness (QED) is 0.844. The van der Waals surface area contributed by atoms with E-state index >= 15 is 0 Å². The molecule has 0 amide bonds. The van der Waals surface area contributed by atoms with Crippen LogP contribution in [0.1, 0.15) is 11.3 Å². The number of hydrogen-bond donors (Lipinski definition) is 1. The van der Waals surface area contributed by atoms with Crippen LogP contribution in [0.4, 0.5) is 13.2 Å². The molecule has 0 radical (unpaired) electrons. The summed E-state index contributed by atoms with van der Waals surface area (Å²) >= 11 is 5.71. The summed E-state index contributed by atoms with van der Waals surface area (Å²) in [5, 5.41) is -0.0467. The second-order valence-electron chi connectivity index (χ2n) is 3.24. The van der Waals surface area contributed by atoms with Crippen molar-refractivity contribution in [3.05, 3.63) is 34.7 Å². The Morgan fingerprint density at radius 1 is 1.38 bits per heavy atom. The lowest BCUT2D eigenvalue weighted by Crippen LogP contribution is -2.06. The molecule has 0 aromatic carbocycles. The second-order valence-corrected chi connectivity index (χ2v) is 3.65.